The lowest BCUT2D eigenvalue weighted by atomic mass is 9.95. The van der Waals surface area contributed by atoms with E-state index in [1.54, 1.807) is 14.2 Å². The minimum atomic E-state index is -0.420. The molecule has 0 aliphatic heterocycles. The smallest absolute Gasteiger partial charge is 0.229 e. The highest BCUT2D eigenvalue weighted by molar-refractivity contribution is 5.94. The van der Waals surface area contributed by atoms with E-state index in [1.807, 2.05) is 63.2 Å². The quantitative estimate of drug-likeness (QED) is 0.852. The first kappa shape index (κ1) is 17.7. The molecule has 2 aromatic carbocycles. The summed E-state index contributed by atoms with van der Waals surface area (Å²) in [4.78, 5) is 12.0. The fraction of sp³-hybridized carbons (Fsp3) is 0.316. The van der Waals surface area contributed by atoms with Crippen LogP contribution in [0.1, 0.15) is 20.8 Å². The minimum Gasteiger partial charge on any atom is -0.493 e. The van der Waals surface area contributed by atoms with Crippen molar-refractivity contribution in [2.24, 2.45) is 5.41 Å². The van der Waals surface area contributed by atoms with Crippen LogP contribution in [0.25, 0.3) is 0 Å². The maximum absolute atomic E-state index is 12.0. The highest BCUT2D eigenvalue weighted by Gasteiger charge is 2.20. The summed E-state index contributed by atoms with van der Waals surface area (Å²) in [5, 5.41) is 6.20. The maximum Gasteiger partial charge on any atom is 0.229 e. The van der Waals surface area contributed by atoms with Crippen LogP contribution in [0.2, 0.25) is 0 Å². The van der Waals surface area contributed by atoms with Gasteiger partial charge in [0.1, 0.15) is 0 Å². The van der Waals surface area contributed by atoms with Crippen LogP contribution in [-0.4, -0.2) is 20.1 Å². The summed E-state index contributed by atoms with van der Waals surface area (Å²) in [6, 6.07) is 13.2. The van der Waals surface area contributed by atoms with Crippen molar-refractivity contribution in [2.75, 3.05) is 24.9 Å². The molecule has 5 heteroatoms. The third kappa shape index (κ3) is 4.41. The Bertz CT molecular complexity index is 704. The molecule has 0 fully saturated rings. The molecule has 2 aromatic rings. The molecule has 0 aliphatic carbocycles. The third-order valence-corrected chi connectivity index (χ3v) is 3.50. The van der Waals surface area contributed by atoms with Crippen molar-refractivity contribution in [3.8, 4) is 11.5 Å². The van der Waals surface area contributed by atoms with Crippen molar-refractivity contribution in [2.45, 2.75) is 20.8 Å². The van der Waals surface area contributed by atoms with E-state index in [4.69, 9.17) is 9.47 Å². The molecule has 0 saturated heterocycles. The number of carbonyl (C=O) groups excluding carboxylic acids is 1. The predicted octanol–water partition coefficient (Wildman–Crippen LogP) is 4.43. The van der Waals surface area contributed by atoms with Crippen LogP contribution in [0.5, 0.6) is 11.5 Å². The molecule has 0 spiro atoms. The number of hydrogen-bond acceptors (Lipinski definition) is 4. The van der Waals surface area contributed by atoms with Crippen molar-refractivity contribution in [3.63, 3.8) is 0 Å². The van der Waals surface area contributed by atoms with Crippen molar-refractivity contribution in [1.29, 1.82) is 0 Å². The molecule has 0 saturated carbocycles. The predicted molar refractivity (Wildman–Crippen MR) is 97.4 cm³/mol. The van der Waals surface area contributed by atoms with Crippen molar-refractivity contribution in [1.82, 2.24) is 0 Å². The molecular formula is C19H24N2O3. The first-order valence-corrected chi connectivity index (χ1v) is 7.74. The Balaban J connectivity index is 2.08. The Labute approximate surface area is 143 Å². The molecule has 0 aliphatic rings. The zero-order valence-corrected chi connectivity index (χ0v) is 14.8. The van der Waals surface area contributed by atoms with E-state index in [0.717, 1.165) is 17.1 Å². The standard InChI is InChI=1S/C19H24N2O3/c1-19(2,3)18(22)21-14-8-6-13(7-9-14)20-15-10-11-16(23-4)17(12-15)24-5/h6-12,20H,1-5H3,(H,21,22). The number of benzene rings is 2. The molecule has 1 amide bonds. The molecule has 24 heavy (non-hydrogen) atoms. The molecule has 0 heterocycles. The van der Waals surface area contributed by atoms with Gasteiger partial charge in [0.05, 0.1) is 14.2 Å². The second kappa shape index (κ2) is 7.25. The highest BCUT2D eigenvalue weighted by atomic mass is 16.5. The maximum atomic E-state index is 12.0. The summed E-state index contributed by atoms with van der Waals surface area (Å²) in [5.74, 6) is 1.34. The van der Waals surface area contributed by atoms with Crippen LogP contribution in [0, 0.1) is 5.41 Å². The van der Waals surface area contributed by atoms with Crippen LogP contribution >= 0.6 is 0 Å². The van der Waals surface area contributed by atoms with Crippen LogP contribution in [0.4, 0.5) is 17.1 Å². The van der Waals surface area contributed by atoms with E-state index in [-0.39, 0.29) is 5.91 Å². The van der Waals surface area contributed by atoms with E-state index in [0.29, 0.717) is 11.5 Å². The van der Waals surface area contributed by atoms with Gasteiger partial charge in [-0.3, -0.25) is 4.79 Å². The van der Waals surface area contributed by atoms with Gasteiger partial charge in [-0.05, 0) is 36.4 Å². The van der Waals surface area contributed by atoms with Crippen LogP contribution < -0.4 is 20.1 Å². The number of hydrogen-bond donors (Lipinski definition) is 2. The number of anilines is 3. The van der Waals surface area contributed by atoms with Gasteiger partial charge in [-0.15, -0.1) is 0 Å². The van der Waals surface area contributed by atoms with Gasteiger partial charge >= 0.3 is 0 Å². The van der Waals surface area contributed by atoms with Gasteiger partial charge in [0.15, 0.2) is 11.5 Å². The van der Waals surface area contributed by atoms with E-state index < -0.39 is 5.41 Å². The summed E-state index contributed by atoms with van der Waals surface area (Å²) in [6.07, 6.45) is 0. The molecule has 2 rings (SSSR count). The van der Waals surface area contributed by atoms with E-state index >= 15 is 0 Å². The molecule has 5 nitrogen and oxygen atoms in total. The number of ether oxygens (including phenoxy) is 2. The average molecular weight is 328 g/mol. The Kier molecular flexibility index (Phi) is 5.34. The fourth-order valence-corrected chi connectivity index (χ4v) is 2.04. The summed E-state index contributed by atoms with van der Waals surface area (Å²) in [6.45, 7) is 5.65. The number of methoxy groups -OCH3 is 2. The van der Waals surface area contributed by atoms with Crippen LogP contribution in [0.15, 0.2) is 42.5 Å². The largest absolute Gasteiger partial charge is 0.493 e. The summed E-state index contributed by atoms with van der Waals surface area (Å²) in [7, 11) is 3.21. The van der Waals surface area contributed by atoms with E-state index in [9.17, 15) is 4.79 Å². The zero-order chi connectivity index (χ0) is 17.7. The summed E-state index contributed by atoms with van der Waals surface area (Å²) < 4.78 is 10.5. The first-order valence-electron chi connectivity index (χ1n) is 7.74. The van der Waals surface area contributed by atoms with Gasteiger partial charge in [-0.25, -0.2) is 0 Å². The first-order chi connectivity index (χ1) is 11.3. The minimum absolute atomic E-state index is 0.0110. The lowest BCUT2D eigenvalue weighted by molar-refractivity contribution is -0.123. The normalized spacial score (nSPS) is 10.9. The van der Waals surface area contributed by atoms with Gasteiger partial charge in [-0.2, -0.15) is 0 Å². The molecule has 0 unspecified atom stereocenters. The Morgan fingerprint density at radius 2 is 1.38 bits per heavy atom. The fourth-order valence-electron chi connectivity index (χ4n) is 2.04. The second-order valence-corrected chi connectivity index (χ2v) is 6.48. The number of carbonyl (C=O) groups is 1. The van der Waals surface area contributed by atoms with Gasteiger partial charge in [-0.1, -0.05) is 20.8 Å². The van der Waals surface area contributed by atoms with E-state index in [1.165, 1.54) is 0 Å². The van der Waals surface area contributed by atoms with E-state index in [2.05, 4.69) is 10.6 Å². The molecular weight excluding hydrogens is 304 g/mol. The third-order valence-electron chi connectivity index (χ3n) is 3.50. The monoisotopic (exact) mass is 328 g/mol. The van der Waals surface area contributed by atoms with Gasteiger partial charge in [0.2, 0.25) is 5.91 Å². The summed E-state index contributed by atoms with van der Waals surface area (Å²) >= 11 is 0. The Morgan fingerprint density at radius 1 is 0.833 bits per heavy atom. The lowest BCUT2D eigenvalue weighted by Gasteiger charge is -2.18. The zero-order valence-electron chi connectivity index (χ0n) is 14.8. The molecule has 0 radical (unpaired) electrons. The molecule has 0 bridgehead atoms. The van der Waals surface area contributed by atoms with Crippen LogP contribution in [-0.2, 0) is 4.79 Å². The average Bonchev–Trinajstić information content (AvgIpc) is 2.55. The Morgan fingerprint density at radius 3 is 1.92 bits per heavy atom. The molecule has 128 valence electrons. The lowest BCUT2D eigenvalue weighted by Crippen LogP contribution is -2.27. The molecule has 0 atom stereocenters. The van der Waals surface area contributed by atoms with Gasteiger partial charge in [0.25, 0.3) is 0 Å². The van der Waals surface area contributed by atoms with Crippen molar-refractivity contribution >= 4 is 23.0 Å². The highest BCUT2D eigenvalue weighted by Crippen LogP contribution is 2.31. The Hall–Kier alpha value is -2.69. The van der Waals surface area contributed by atoms with Crippen LogP contribution in [0.3, 0.4) is 0 Å². The van der Waals surface area contributed by atoms with Gasteiger partial charge in [0, 0.05) is 28.5 Å². The SMILES string of the molecule is COc1ccc(Nc2ccc(NC(=O)C(C)(C)C)cc2)cc1OC. The molecule has 0 aromatic heterocycles. The number of amides is 1. The molecule has 2 N–H and O–H groups in total. The number of rotatable bonds is 5. The van der Waals surface area contributed by atoms with Crippen molar-refractivity contribution in [3.05, 3.63) is 42.5 Å². The van der Waals surface area contributed by atoms with Gasteiger partial charge < -0.3 is 20.1 Å². The van der Waals surface area contributed by atoms with Crippen molar-refractivity contribution < 1.29 is 14.3 Å². The summed E-state index contributed by atoms with van der Waals surface area (Å²) in [5.41, 5.74) is 2.15. The topological polar surface area (TPSA) is 59.6 Å². The second-order valence-electron chi connectivity index (χ2n) is 6.48. The number of nitrogens with one attached hydrogen (secondary N) is 2.